The van der Waals surface area contributed by atoms with Gasteiger partial charge >= 0.3 is 0 Å². The monoisotopic (exact) mass is 368 g/mol. The molecule has 27 heavy (non-hydrogen) atoms. The first-order chi connectivity index (χ1) is 13.2. The first kappa shape index (κ1) is 17.6. The highest BCUT2D eigenvalue weighted by molar-refractivity contribution is 6.30. The molecular formula is C26H21Cl. The van der Waals surface area contributed by atoms with Crippen molar-refractivity contribution in [1.82, 2.24) is 0 Å². The molecule has 0 aliphatic heterocycles. The highest BCUT2D eigenvalue weighted by Gasteiger charge is 2.03. The van der Waals surface area contributed by atoms with Gasteiger partial charge in [-0.1, -0.05) is 84.4 Å². The molecule has 4 aromatic carbocycles. The molecule has 0 N–H and O–H groups in total. The largest absolute Gasteiger partial charge is 0.103 e. The van der Waals surface area contributed by atoms with Crippen LogP contribution in [0.3, 0.4) is 0 Å². The third-order valence-electron chi connectivity index (χ3n) is 4.94. The van der Waals surface area contributed by atoms with Crippen LogP contribution in [-0.4, -0.2) is 0 Å². The Balaban J connectivity index is 1.61. The summed E-state index contributed by atoms with van der Waals surface area (Å²) >= 11 is 5.98. The van der Waals surface area contributed by atoms with Crippen molar-refractivity contribution in [2.24, 2.45) is 0 Å². The van der Waals surface area contributed by atoms with E-state index in [1.54, 1.807) is 0 Å². The molecule has 0 amide bonds. The first-order valence-electron chi connectivity index (χ1n) is 9.23. The van der Waals surface area contributed by atoms with Crippen molar-refractivity contribution in [3.05, 3.63) is 108 Å². The normalized spacial score (nSPS) is 10.9. The van der Waals surface area contributed by atoms with Crippen LogP contribution in [0.25, 0.3) is 33.0 Å². The second-order valence-corrected chi connectivity index (χ2v) is 7.24. The fourth-order valence-corrected chi connectivity index (χ4v) is 3.52. The van der Waals surface area contributed by atoms with Gasteiger partial charge in [0.2, 0.25) is 0 Å². The minimum absolute atomic E-state index is 0.763. The summed E-state index contributed by atoms with van der Waals surface area (Å²) in [6.45, 7) is 3.81. The van der Waals surface area contributed by atoms with E-state index in [1.807, 2.05) is 18.2 Å². The predicted molar refractivity (Wildman–Crippen MR) is 118 cm³/mol. The van der Waals surface area contributed by atoms with Gasteiger partial charge in [0.05, 0.1) is 0 Å². The smallest absolute Gasteiger partial charge is 0.0406 e. The molecule has 0 saturated heterocycles. The maximum absolute atomic E-state index is 5.98. The molecule has 1 heteroatoms. The lowest BCUT2D eigenvalue weighted by Gasteiger charge is -2.08. The standard InChI is InChI=1S/C26H21Cl/c1-2-3-4-19-5-6-25-18-24(12-11-23(25)17-19)22-9-7-20(8-10-22)21-13-15-26(27)16-14-21/h2,5-18H,1,3-4H2. The molecule has 0 heterocycles. The lowest BCUT2D eigenvalue weighted by molar-refractivity contribution is 1.01. The molecule has 0 nitrogen and oxygen atoms in total. The Labute approximate surface area is 165 Å². The van der Waals surface area contributed by atoms with Gasteiger partial charge in [-0.25, -0.2) is 0 Å². The molecule has 0 bridgehead atoms. The lowest BCUT2D eigenvalue weighted by Crippen LogP contribution is -1.85. The number of hydrogen-bond donors (Lipinski definition) is 0. The number of rotatable bonds is 5. The fourth-order valence-electron chi connectivity index (χ4n) is 3.40. The topological polar surface area (TPSA) is 0 Å². The van der Waals surface area contributed by atoms with Gasteiger partial charge in [-0.2, -0.15) is 0 Å². The van der Waals surface area contributed by atoms with Crippen LogP contribution in [0.5, 0.6) is 0 Å². The highest BCUT2D eigenvalue weighted by atomic mass is 35.5. The van der Waals surface area contributed by atoms with E-state index >= 15 is 0 Å². The summed E-state index contributed by atoms with van der Waals surface area (Å²) in [5.74, 6) is 0. The van der Waals surface area contributed by atoms with Gasteiger partial charge in [-0.3, -0.25) is 0 Å². The molecule has 0 aliphatic carbocycles. The Bertz CT molecular complexity index is 1070. The van der Waals surface area contributed by atoms with Gasteiger partial charge in [-0.15, -0.1) is 6.58 Å². The third-order valence-corrected chi connectivity index (χ3v) is 5.19. The third kappa shape index (κ3) is 3.97. The van der Waals surface area contributed by atoms with Crippen LogP contribution in [0, 0.1) is 0 Å². The van der Waals surface area contributed by atoms with E-state index in [1.165, 1.54) is 38.6 Å². The van der Waals surface area contributed by atoms with Crippen molar-refractivity contribution in [3.8, 4) is 22.3 Å². The van der Waals surface area contributed by atoms with Crippen molar-refractivity contribution in [2.45, 2.75) is 12.8 Å². The van der Waals surface area contributed by atoms with Gasteiger partial charge < -0.3 is 0 Å². The van der Waals surface area contributed by atoms with E-state index in [9.17, 15) is 0 Å². The Hall–Kier alpha value is -2.83. The lowest BCUT2D eigenvalue weighted by atomic mass is 9.97. The molecule has 0 spiro atoms. The molecule has 0 aromatic heterocycles. The summed E-state index contributed by atoms with van der Waals surface area (Å²) in [6, 6.07) is 30.1. The summed E-state index contributed by atoms with van der Waals surface area (Å²) in [7, 11) is 0. The van der Waals surface area contributed by atoms with Gasteiger partial charge in [0.1, 0.15) is 0 Å². The zero-order chi connectivity index (χ0) is 18.6. The quantitative estimate of drug-likeness (QED) is 0.313. The minimum Gasteiger partial charge on any atom is -0.103 e. The number of fused-ring (bicyclic) bond motifs is 1. The van der Waals surface area contributed by atoms with Crippen molar-refractivity contribution >= 4 is 22.4 Å². The van der Waals surface area contributed by atoms with Gasteiger partial charge in [0, 0.05) is 5.02 Å². The van der Waals surface area contributed by atoms with Crippen molar-refractivity contribution in [2.75, 3.05) is 0 Å². The number of benzene rings is 4. The second-order valence-electron chi connectivity index (χ2n) is 6.81. The Morgan fingerprint density at radius 1 is 0.630 bits per heavy atom. The maximum Gasteiger partial charge on any atom is 0.0406 e. The number of halogens is 1. The maximum atomic E-state index is 5.98. The summed E-state index contributed by atoms with van der Waals surface area (Å²) in [5, 5.41) is 3.33. The van der Waals surface area contributed by atoms with Crippen LogP contribution >= 0.6 is 11.6 Å². The summed E-state index contributed by atoms with van der Waals surface area (Å²) in [5.41, 5.74) is 6.20. The number of aryl methyl sites for hydroxylation is 1. The molecular weight excluding hydrogens is 348 g/mol. The second kappa shape index (κ2) is 7.82. The van der Waals surface area contributed by atoms with E-state index in [4.69, 9.17) is 11.6 Å². The van der Waals surface area contributed by atoms with Gasteiger partial charge in [0.25, 0.3) is 0 Å². The van der Waals surface area contributed by atoms with E-state index in [2.05, 4.69) is 79.4 Å². The molecule has 0 unspecified atom stereocenters. The molecule has 0 atom stereocenters. The van der Waals surface area contributed by atoms with Crippen LogP contribution in [0.4, 0.5) is 0 Å². The van der Waals surface area contributed by atoms with Crippen molar-refractivity contribution < 1.29 is 0 Å². The Morgan fingerprint density at radius 2 is 1.15 bits per heavy atom. The number of allylic oxidation sites excluding steroid dienone is 1. The average Bonchev–Trinajstić information content (AvgIpc) is 2.72. The Morgan fingerprint density at radius 3 is 1.81 bits per heavy atom. The van der Waals surface area contributed by atoms with E-state index in [0.717, 1.165) is 17.9 Å². The summed E-state index contributed by atoms with van der Waals surface area (Å²) in [6.07, 6.45) is 4.04. The fraction of sp³-hybridized carbons (Fsp3) is 0.0769. The predicted octanol–water partition coefficient (Wildman–Crippen LogP) is 7.95. The van der Waals surface area contributed by atoms with Crippen LogP contribution < -0.4 is 0 Å². The average molecular weight is 369 g/mol. The van der Waals surface area contributed by atoms with Crippen LogP contribution in [0.2, 0.25) is 5.02 Å². The SMILES string of the molecule is C=CCCc1ccc2cc(-c3ccc(-c4ccc(Cl)cc4)cc3)ccc2c1. The van der Waals surface area contributed by atoms with Crippen molar-refractivity contribution in [1.29, 1.82) is 0 Å². The van der Waals surface area contributed by atoms with Crippen LogP contribution in [0.1, 0.15) is 12.0 Å². The van der Waals surface area contributed by atoms with Gasteiger partial charge in [-0.05, 0) is 69.6 Å². The molecule has 0 fully saturated rings. The molecule has 0 aliphatic rings. The Kier molecular flexibility index (Phi) is 5.09. The molecule has 4 aromatic rings. The van der Waals surface area contributed by atoms with E-state index in [-0.39, 0.29) is 0 Å². The van der Waals surface area contributed by atoms with Crippen LogP contribution in [0.15, 0.2) is 97.6 Å². The zero-order valence-corrected chi connectivity index (χ0v) is 15.9. The number of hydrogen-bond acceptors (Lipinski definition) is 0. The zero-order valence-electron chi connectivity index (χ0n) is 15.2. The molecule has 132 valence electrons. The first-order valence-corrected chi connectivity index (χ1v) is 9.61. The molecule has 4 rings (SSSR count). The van der Waals surface area contributed by atoms with E-state index < -0.39 is 0 Å². The molecule has 0 radical (unpaired) electrons. The van der Waals surface area contributed by atoms with E-state index in [0.29, 0.717) is 0 Å². The minimum atomic E-state index is 0.763. The summed E-state index contributed by atoms with van der Waals surface area (Å²) in [4.78, 5) is 0. The highest BCUT2D eigenvalue weighted by Crippen LogP contribution is 2.28. The molecule has 0 saturated carbocycles. The van der Waals surface area contributed by atoms with Crippen LogP contribution in [-0.2, 0) is 6.42 Å². The van der Waals surface area contributed by atoms with Gasteiger partial charge in [0.15, 0.2) is 0 Å². The summed E-state index contributed by atoms with van der Waals surface area (Å²) < 4.78 is 0. The van der Waals surface area contributed by atoms with Crippen molar-refractivity contribution in [3.63, 3.8) is 0 Å².